The van der Waals surface area contributed by atoms with Gasteiger partial charge in [0.05, 0.1) is 0 Å². The normalized spacial score (nSPS) is 13.0. The third-order valence-corrected chi connectivity index (χ3v) is 4.05. The van der Waals surface area contributed by atoms with Crippen molar-refractivity contribution < 1.29 is 5.11 Å². The average Bonchev–Trinajstić information content (AvgIpc) is 2.87. The first-order valence-electron chi connectivity index (χ1n) is 7.32. The van der Waals surface area contributed by atoms with E-state index in [2.05, 4.69) is 49.8 Å². The highest BCUT2D eigenvalue weighted by Gasteiger charge is 2.27. The van der Waals surface area contributed by atoms with Gasteiger partial charge in [-0.2, -0.15) is 0 Å². The van der Waals surface area contributed by atoms with Gasteiger partial charge in [-0.1, -0.05) is 40.7 Å². The van der Waals surface area contributed by atoms with Crippen molar-refractivity contribution in [2.75, 3.05) is 0 Å². The van der Waals surface area contributed by atoms with Gasteiger partial charge < -0.3 is 5.11 Å². The van der Waals surface area contributed by atoms with Crippen molar-refractivity contribution in [3.63, 3.8) is 0 Å². The van der Waals surface area contributed by atoms with Gasteiger partial charge in [-0.25, -0.2) is 4.98 Å². The van der Waals surface area contributed by atoms with Crippen LogP contribution in [0, 0.1) is 5.41 Å². The number of benzene rings is 1. The number of rotatable bonds is 4. The van der Waals surface area contributed by atoms with Crippen molar-refractivity contribution in [2.45, 2.75) is 46.5 Å². The SMILES string of the molecule is CC(C)(C)CC(C)(C)c1ccc(O)c(N=Nc2nccs2)c1. The van der Waals surface area contributed by atoms with E-state index in [-0.39, 0.29) is 16.6 Å². The van der Waals surface area contributed by atoms with Crippen LogP contribution in [-0.4, -0.2) is 10.1 Å². The second-order valence-corrected chi connectivity index (χ2v) is 8.21. The van der Waals surface area contributed by atoms with Crippen LogP contribution in [0.4, 0.5) is 10.8 Å². The molecule has 1 aromatic carbocycles. The molecule has 0 aliphatic heterocycles. The van der Waals surface area contributed by atoms with E-state index in [1.165, 1.54) is 11.3 Å². The van der Waals surface area contributed by atoms with Crippen LogP contribution >= 0.6 is 11.3 Å². The lowest BCUT2D eigenvalue weighted by atomic mass is 9.72. The summed E-state index contributed by atoms with van der Waals surface area (Å²) in [5.74, 6) is 0.135. The smallest absolute Gasteiger partial charge is 0.229 e. The highest BCUT2D eigenvalue weighted by atomic mass is 32.1. The average molecular weight is 317 g/mol. The monoisotopic (exact) mass is 317 g/mol. The fraction of sp³-hybridized carbons (Fsp3) is 0.471. The molecule has 1 aromatic heterocycles. The maximum atomic E-state index is 9.99. The summed E-state index contributed by atoms with van der Waals surface area (Å²) in [7, 11) is 0. The first-order valence-corrected chi connectivity index (χ1v) is 8.20. The largest absolute Gasteiger partial charge is 0.506 e. The van der Waals surface area contributed by atoms with Gasteiger partial charge >= 0.3 is 0 Å². The summed E-state index contributed by atoms with van der Waals surface area (Å²) in [5.41, 5.74) is 1.85. The molecule has 0 saturated heterocycles. The summed E-state index contributed by atoms with van der Waals surface area (Å²) in [5, 5.41) is 20.6. The highest BCUT2D eigenvalue weighted by Crippen LogP contribution is 2.39. The molecule has 0 aliphatic rings. The van der Waals surface area contributed by atoms with E-state index in [4.69, 9.17) is 0 Å². The Morgan fingerprint density at radius 3 is 2.45 bits per heavy atom. The number of phenolic OH excluding ortho intramolecular Hbond substituents is 1. The number of thiazole rings is 1. The zero-order chi connectivity index (χ0) is 16.4. The first kappa shape index (κ1) is 16.6. The maximum absolute atomic E-state index is 9.99. The molecular formula is C17H23N3OS. The van der Waals surface area contributed by atoms with Crippen molar-refractivity contribution in [1.82, 2.24) is 4.98 Å². The molecule has 2 rings (SSSR count). The Balaban J connectivity index is 2.30. The third-order valence-electron chi connectivity index (χ3n) is 3.39. The number of hydrogen-bond donors (Lipinski definition) is 1. The van der Waals surface area contributed by atoms with Crippen LogP contribution in [0.3, 0.4) is 0 Å². The Bertz CT molecular complexity index is 655. The quantitative estimate of drug-likeness (QED) is 0.705. The summed E-state index contributed by atoms with van der Waals surface area (Å²) < 4.78 is 0. The molecule has 0 atom stereocenters. The molecule has 22 heavy (non-hydrogen) atoms. The Hall–Kier alpha value is -1.75. The molecule has 1 N–H and O–H groups in total. The van der Waals surface area contributed by atoms with Gasteiger partial charge in [0.1, 0.15) is 11.4 Å². The van der Waals surface area contributed by atoms with Crippen molar-refractivity contribution in [3.8, 4) is 5.75 Å². The summed E-state index contributed by atoms with van der Waals surface area (Å²) in [6, 6.07) is 5.57. The number of aromatic hydroxyl groups is 1. The molecule has 0 saturated carbocycles. The van der Waals surface area contributed by atoms with Gasteiger partial charge in [0.15, 0.2) is 0 Å². The van der Waals surface area contributed by atoms with Crippen molar-refractivity contribution in [3.05, 3.63) is 35.3 Å². The third kappa shape index (κ3) is 4.37. The van der Waals surface area contributed by atoms with Gasteiger partial charge in [0.2, 0.25) is 5.13 Å². The van der Waals surface area contributed by atoms with Crippen molar-refractivity contribution >= 4 is 22.2 Å². The number of azo groups is 1. The van der Waals surface area contributed by atoms with E-state index in [0.29, 0.717) is 10.8 Å². The topological polar surface area (TPSA) is 57.8 Å². The lowest BCUT2D eigenvalue weighted by molar-refractivity contribution is 0.284. The van der Waals surface area contributed by atoms with Gasteiger partial charge in [-0.15, -0.1) is 21.6 Å². The van der Waals surface area contributed by atoms with Gasteiger partial charge in [-0.3, -0.25) is 0 Å². The molecule has 0 amide bonds. The summed E-state index contributed by atoms with van der Waals surface area (Å²) in [6.07, 6.45) is 2.72. The molecule has 1 heterocycles. The summed E-state index contributed by atoms with van der Waals surface area (Å²) in [4.78, 5) is 4.06. The Kier molecular flexibility index (Phi) is 4.66. The van der Waals surface area contributed by atoms with E-state index < -0.39 is 0 Å². The molecule has 0 spiro atoms. The molecule has 4 nitrogen and oxygen atoms in total. The molecule has 0 radical (unpaired) electrons. The van der Waals surface area contributed by atoms with Crippen LogP contribution < -0.4 is 0 Å². The van der Waals surface area contributed by atoms with Crippen molar-refractivity contribution in [1.29, 1.82) is 0 Å². The number of hydrogen-bond acceptors (Lipinski definition) is 5. The molecule has 0 unspecified atom stereocenters. The van der Waals surface area contributed by atoms with Crippen LogP contribution in [0.5, 0.6) is 5.75 Å². The Morgan fingerprint density at radius 2 is 1.86 bits per heavy atom. The Morgan fingerprint density at radius 1 is 1.14 bits per heavy atom. The lowest BCUT2D eigenvalue weighted by Gasteiger charge is -2.33. The standard InChI is InChI=1S/C17H23N3OS/c1-16(2,3)11-17(4,5)12-6-7-14(21)13(10-12)19-20-15-18-8-9-22-15/h6-10,21H,11H2,1-5H3. The minimum Gasteiger partial charge on any atom is -0.506 e. The molecule has 0 fully saturated rings. The van der Waals surface area contributed by atoms with E-state index >= 15 is 0 Å². The summed E-state index contributed by atoms with van der Waals surface area (Å²) in [6.45, 7) is 11.1. The molecule has 118 valence electrons. The molecule has 5 heteroatoms. The number of aromatic nitrogens is 1. The van der Waals surface area contributed by atoms with Gasteiger partial charge in [0, 0.05) is 11.6 Å². The van der Waals surface area contributed by atoms with Crippen LogP contribution in [0.15, 0.2) is 40.0 Å². The number of nitrogens with zero attached hydrogens (tertiary/aromatic N) is 3. The zero-order valence-electron chi connectivity index (χ0n) is 13.8. The predicted octanol–water partition coefficient (Wildman–Crippen LogP) is 5.98. The highest BCUT2D eigenvalue weighted by molar-refractivity contribution is 7.13. The molecule has 0 aliphatic carbocycles. The van der Waals surface area contributed by atoms with E-state index in [1.807, 2.05) is 17.5 Å². The van der Waals surface area contributed by atoms with Crippen molar-refractivity contribution in [2.24, 2.45) is 15.6 Å². The molecular weight excluding hydrogens is 294 g/mol. The van der Waals surface area contributed by atoms with Crippen LogP contribution in [0.1, 0.15) is 46.6 Å². The van der Waals surface area contributed by atoms with Crippen LogP contribution in [0.25, 0.3) is 0 Å². The molecule has 2 aromatic rings. The van der Waals surface area contributed by atoms with Crippen LogP contribution in [-0.2, 0) is 5.41 Å². The maximum Gasteiger partial charge on any atom is 0.229 e. The minimum atomic E-state index is -0.00258. The predicted molar refractivity (Wildman–Crippen MR) is 91.5 cm³/mol. The minimum absolute atomic E-state index is 0.00258. The van der Waals surface area contributed by atoms with E-state index in [0.717, 1.165) is 12.0 Å². The Labute approximate surface area is 136 Å². The van der Waals surface area contributed by atoms with Gasteiger partial charge in [-0.05, 0) is 34.9 Å². The van der Waals surface area contributed by atoms with E-state index in [9.17, 15) is 5.11 Å². The van der Waals surface area contributed by atoms with Gasteiger partial charge in [0.25, 0.3) is 0 Å². The molecule has 0 bridgehead atoms. The fourth-order valence-corrected chi connectivity index (χ4v) is 3.27. The zero-order valence-corrected chi connectivity index (χ0v) is 14.6. The second-order valence-electron chi connectivity index (χ2n) is 7.34. The first-order chi connectivity index (χ1) is 10.2. The summed E-state index contributed by atoms with van der Waals surface area (Å²) >= 11 is 1.41. The second kappa shape index (κ2) is 6.16. The lowest BCUT2D eigenvalue weighted by Crippen LogP contribution is -2.24. The van der Waals surface area contributed by atoms with E-state index in [1.54, 1.807) is 12.3 Å². The number of phenols is 1. The van der Waals surface area contributed by atoms with Crippen LogP contribution in [0.2, 0.25) is 0 Å². The fourth-order valence-electron chi connectivity index (χ4n) is 2.81.